The number of hydrogen-bond acceptors (Lipinski definition) is 5. The van der Waals surface area contributed by atoms with Crippen LogP contribution in [-0.2, 0) is 0 Å². The van der Waals surface area contributed by atoms with E-state index in [1.54, 1.807) is 6.33 Å². The molecule has 0 aliphatic carbocycles. The number of nitrogens with zero attached hydrogens (tertiary/aromatic N) is 4. The Bertz CT molecular complexity index is 482. The predicted molar refractivity (Wildman–Crippen MR) is 54.5 cm³/mol. The molecule has 0 spiro atoms. The Morgan fingerprint density at radius 2 is 2.33 bits per heavy atom. The fourth-order valence-electron chi connectivity index (χ4n) is 1.93. The second kappa shape index (κ2) is 3.16. The molecule has 3 heterocycles. The van der Waals surface area contributed by atoms with E-state index in [1.165, 1.54) is 6.33 Å². The maximum Gasteiger partial charge on any atom is 0.182 e. The Hall–Kier alpha value is -1.69. The smallest absolute Gasteiger partial charge is 0.182 e. The van der Waals surface area contributed by atoms with Crippen LogP contribution in [0.1, 0.15) is 6.42 Å². The highest BCUT2D eigenvalue weighted by Gasteiger charge is 2.23. The maximum atomic E-state index is 9.47. The molecule has 0 bridgehead atoms. The molecular weight excluding hydrogens is 194 g/mol. The molecule has 2 aromatic heterocycles. The summed E-state index contributed by atoms with van der Waals surface area (Å²) in [5, 5.41) is 9.47. The van der Waals surface area contributed by atoms with Gasteiger partial charge >= 0.3 is 0 Å². The van der Waals surface area contributed by atoms with Gasteiger partial charge in [0.2, 0.25) is 0 Å². The Labute approximate surface area is 86.0 Å². The first-order valence-electron chi connectivity index (χ1n) is 4.91. The number of β-amino-alcohol motifs (C(OH)–C–C–N with tert-alkyl or cyclic N) is 1. The highest BCUT2D eigenvalue weighted by molar-refractivity contribution is 5.82. The van der Waals surface area contributed by atoms with Gasteiger partial charge in [-0.3, -0.25) is 0 Å². The topological polar surface area (TPSA) is 77.9 Å². The number of aromatic nitrogens is 4. The first kappa shape index (κ1) is 8.60. The van der Waals surface area contributed by atoms with Gasteiger partial charge in [0.1, 0.15) is 11.8 Å². The Morgan fingerprint density at radius 3 is 3.13 bits per heavy atom. The van der Waals surface area contributed by atoms with E-state index in [0.29, 0.717) is 12.2 Å². The van der Waals surface area contributed by atoms with Crippen LogP contribution in [-0.4, -0.2) is 44.2 Å². The summed E-state index contributed by atoms with van der Waals surface area (Å²) in [7, 11) is 0. The van der Waals surface area contributed by atoms with Crippen molar-refractivity contribution in [3.63, 3.8) is 0 Å². The molecule has 0 aromatic carbocycles. The summed E-state index contributed by atoms with van der Waals surface area (Å²) >= 11 is 0. The molecule has 6 heteroatoms. The quantitative estimate of drug-likeness (QED) is 0.681. The van der Waals surface area contributed by atoms with Gasteiger partial charge in [-0.1, -0.05) is 0 Å². The van der Waals surface area contributed by atoms with Crippen molar-refractivity contribution in [2.45, 2.75) is 12.5 Å². The Kier molecular flexibility index (Phi) is 1.81. The lowest BCUT2D eigenvalue weighted by Gasteiger charge is -2.16. The highest BCUT2D eigenvalue weighted by Crippen LogP contribution is 2.23. The normalized spacial score (nSPS) is 21.4. The summed E-state index contributed by atoms with van der Waals surface area (Å²) in [6.45, 7) is 1.46. The summed E-state index contributed by atoms with van der Waals surface area (Å²) in [6, 6.07) is 0. The minimum Gasteiger partial charge on any atom is -0.391 e. The van der Waals surface area contributed by atoms with Crippen molar-refractivity contribution in [3.05, 3.63) is 12.7 Å². The van der Waals surface area contributed by atoms with Gasteiger partial charge < -0.3 is 15.0 Å². The summed E-state index contributed by atoms with van der Waals surface area (Å²) in [5.41, 5.74) is 1.51. The first-order valence-corrected chi connectivity index (χ1v) is 4.91. The molecule has 1 unspecified atom stereocenters. The summed E-state index contributed by atoms with van der Waals surface area (Å²) < 4.78 is 0. The van der Waals surface area contributed by atoms with Crippen LogP contribution in [0, 0.1) is 0 Å². The second-order valence-corrected chi connectivity index (χ2v) is 3.69. The third kappa shape index (κ3) is 1.33. The van der Waals surface area contributed by atoms with Gasteiger partial charge in [0, 0.05) is 13.1 Å². The monoisotopic (exact) mass is 205 g/mol. The van der Waals surface area contributed by atoms with Crippen molar-refractivity contribution < 1.29 is 5.11 Å². The molecule has 1 aliphatic heterocycles. The van der Waals surface area contributed by atoms with Crippen LogP contribution in [0.2, 0.25) is 0 Å². The lowest BCUT2D eigenvalue weighted by atomic mass is 10.3. The second-order valence-electron chi connectivity index (χ2n) is 3.69. The van der Waals surface area contributed by atoms with Crippen LogP contribution in [0.4, 0.5) is 5.82 Å². The minimum atomic E-state index is -0.252. The van der Waals surface area contributed by atoms with Crippen molar-refractivity contribution in [3.8, 4) is 0 Å². The first-order chi connectivity index (χ1) is 7.34. The van der Waals surface area contributed by atoms with Crippen LogP contribution in [0.15, 0.2) is 12.7 Å². The summed E-state index contributed by atoms with van der Waals surface area (Å²) in [4.78, 5) is 17.4. The number of aromatic amines is 1. The molecule has 0 amide bonds. The van der Waals surface area contributed by atoms with Crippen molar-refractivity contribution >= 4 is 17.0 Å². The third-order valence-corrected chi connectivity index (χ3v) is 2.67. The Morgan fingerprint density at radius 1 is 1.40 bits per heavy atom. The minimum absolute atomic E-state index is 0.252. The van der Waals surface area contributed by atoms with Crippen molar-refractivity contribution in [2.75, 3.05) is 18.0 Å². The number of hydrogen-bond donors (Lipinski definition) is 2. The van der Waals surface area contributed by atoms with Crippen LogP contribution in [0.3, 0.4) is 0 Å². The standard InChI is InChI=1S/C9H11N5O/c15-6-1-2-14(3-6)9-7-8(11-4-10-7)12-5-13-9/h4-6,15H,1-3H2,(H,10,11,12,13). The lowest BCUT2D eigenvalue weighted by Crippen LogP contribution is -2.22. The number of rotatable bonds is 1. The SMILES string of the molecule is OC1CCN(c2ncnc3nc[nH]c23)C1. The summed E-state index contributed by atoms with van der Waals surface area (Å²) in [6.07, 6.45) is 3.65. The van der Waals surface area contributed by atoms with E-state index in [9.17, 15) is 5.11 Å². The van der Waals surface area contributed by atoms with E-state index in [2.05, 4.69) is 19.9 Å². The molecule has 0 radical (unpaired) electrons. The summed E-state index contributed by atoms with van der Waals surface area (Å²) in [5.74, 6) is 0.828. The van der Waals surface area contributed by atoms with E-state index in [0.717, 1.165) is 24.3 Å². The van der Waals surface area contributed by atoms with Crippen LogP contribution < -0.4 is 4.90 Å². The predicted octanol–water partition coefficient (Wildman–Crippen LogP) is -0.0761. The van der Waals surface area contributed by atoms with E-state index in [-0.39, 0.29) is 6.10 Å². The van der Waals surface area contributed by atoms with Crippen LogP contribution in [0.5, 0.6) is 0 Å². The zero-order chi connectivity index (χ0) is 10.3. The van der Waals surface area contributed by atoms with Gasteiger partial charge in [-0.15, -0.1) is 0 Å². The van der Waals surface area contributed by atoms with Crippen molar-refractivity contribution in [2.24, 2.45) is 0 Å². The highest BCUT2D eigenvalue weighted by atomic mass is 16.3. The van der Waals surface area contributed by atoms with E-state index in [4.69, 9.17) is 0 Å². The molecule has 15 heavy (non-hydrogen) atoms. The van der Waals surface area contributed by atoms with Gasteiger partial charge in [-0.05, 0) is 6.42 Å². The van der Waals surface area contributed by atoms with E-state index in [1.807, 2.05) is 4.90 Å². The molecule has 6 nitrogen and oxygen atoms in total. The molecule has 1 atom stereocenters. The lowest BCUT2D eigenvalue weighted by molar-refractivity contribution is 0.198. The number of anilines is 1. The number of nitrogens with one attached hydrogen (secondary N) is 1. The number of H-pyrrole nitrogens is 1. The van der Waals surface area contributed by atoms with Gasteiger partial charge in [0.15, 0.2) is 11.5 Å². The van der Waals surface area contributed by atoms with Gasteiger partial charge in [-0.2, -0.15) is 0 Å². The fraction of sp³-hybridized carbons (Fsp3) is 0.444. The zero-order valence-corrected chi connectivity index (χ0v) is 8.09. The third-order valence-electron chi connectivity index (χ3n) is 2.67. The van der Waals surface area contributed by atoms with Crippen molar-refractivity contribution in [1.29, 1.82) is 0 Å². The van der Waals surface area contributed by atoms with Gasteiger partial charge in [0.05, 0.1) is 12.4 Å². The van der Waals surface area contributed by atoms with Crippen LogP contribution in [0.25, 0.3) is 11.2 Å². The van der Waals surface area contributed by atoms with E-state index < -0.39 is 0 Å². The van der Waals surface area contributed by atoms with Crippen molar-refractivity contribution in [1.82, 2.24) is 19.9 Å². The largest absolute Gasteiger partial charge is 0.391 e. The molecule has 78 valence electrons. The number of aliphatic hydroxyl groups excluding tert-OH is 1. The number of fused-ring (bicyclic) bond motifs is 1. The van der Waals surface area contributed by atoms with E-state index >= 15 is 0 Å². The fourth-order valence-corrected chi connectivity index (χ4v) is 1.93. The van der Waals surface area contributed by atoms with Crippen LogP contribution >= 0.6 is 0 Å². The Balaban J connectivity index is 2.06. The molecule has 3 rings (SSSR count). The van der Waals surface area contributed by atoms with Gasteiger partial charge in [-0.25, -0.2) is 15.0 Å². The number of imidazole rings is 1. The molecule has 1 saturated heterocycles. The molecule has 1 fully saturated rings. The maximum absolute atomic E-state index is 9.47. The van der Waals surface area contributed by atoms with Gasteiger partial charge in [0.25, 0.3) is 0 Å². The zero-order valence-electron chi connectivity index (χ0n) is 8.09. The molecule has 0 saturated carbocycles. The molecule has 1 aliphatic rings. The molecule has 2 N–H and O–H groups in total. The average molecular weight is 205 g/mol. The average Bonchev–Trinajstić information content (AvgIpc) is 2.84. The molecule has 2 aromatic rings. The number of aliphatic hydroxyl groups is 1. The molecular formula is C9H11N5O.